The number of imide groups is 1. The molecule has 2 heterocycles. The molecule has 1 atom stereocenters. The van der Waals surface area contributed by atoms with Gasteiger partial charge in [-0.2, -0.15) is 0 Å². The highest BCUT2D eigenvalue weighted by Crippen LogP contribution is 2.31. The van der Waals surface area contributed by atoms with E-state index in [2.05, 4.69) is 5.32 Å². The predicted molar refractivity (Wildman–Crippen MR) is 94.9 cm³/mol. The van der Waals surface area contributed by atoms with E-state index in [1.54, 1.807) is 24.3 Å². The summed E-state index contributed by atoms with van der Waals surface area (Å²) in [7, 11) is 0. The van der Waals surface area contributed by atoms with E-state index in [1.165, 1.54) is 11.0 Å². The number of rotatable bonds is 3. The Labute approximate surface area is 154 Å². The zero-order valence-electron chi connectivity index (χ0n) is 14.3. The van der Waals surface area contributed by atoms with Gasteiger partial charge in [0.15, 0.2) is 0 Å². The molecule has 3 amide bonds. The minimum absolute atomic E-state index is 0.171. The van der Waals surface area contributed by atoms with E-state index >= 15 is 0 Å². The van der Waals surface area contributed by atoms with E-state index < -0.39 is 17.9 Å². The van der Waals surface area contributed by atoms with Gasteiger partial charge in [-0.05, 0) is 41.3 Å². The second kappa shape index (κ2) is 6.35. The van der Waals surface area contributed by atoms with Crippen LogP contribution in [-0.2, 0) is 16.1 Å². The van der Waals surface area contributed by atoms with Crippen LogP contribution in [0.2, 0.25) is 0 Å². The number of aromatic carboxylic acids is 1. The zero-order valence-corrected chi connectivity index (χ0v) is 14.3. The molecule has 0 bridgehead atoms. The Morgan fingerprint density at radius 3 is 2.59 bits per heavy atom. The van der Waals surface area contributed by atoms with Gasteiger partial charge < -0.3 is 10.0 Å². The van der Waals surface area contributed by atoms with Crippen LogP contribution >= 0.6 is 0 Å². The number of hydrogen-bond donors (Lipinski definition) is 2. The SMILES string of the molecule is O=C1CCC(N2Cc3ccc(-c4cccc(C(=O)O)c4)cc3C2=O)C(=O)N1. The second-order valence-electron chi connectivity index (χ2n) is 6.66. The van der Waals surface area contributed by atoms with Crippen LogP contribution in [0.4, 0.5) is 0 Å². The Hall–Kier alpha value is -3.48. The normalized spacial score (nSPS) is 19.0. The molecule has 2 aliphatic heterocycles. The minimum atomic E-state index is -1.02. The van der Waals surface area contributed by atoms with Crippen molar-refractivity contribution in [3.05, 3.63) is 59.2 Å². The lowest BCUT2D eigenvalue weighted by molar-refractivity contribution is -0.136. The molecule has 136 valence electrons. The summed E-state index contributed by atoms with van der Waals surface area (Å²) in [6.07, 6.45) is 0.529. The lowest BCUT2D eigenvalue weighted by atomic mass is 9.99. The van der Waals surface area contributed by atoms with Gasteiger partial charge in [-0.3, -0.25) is 19.7 Å². The van der Waals surface area contributed by atoms with Crippen LogP contribution in [0.1, 0.15) is 39.1 Å². The van der Waals surface area contributed by atoms with Crippen molar-refractivity contribution in [3.8, 4) is 11.1 Å². The van der Waals surface area contributed by atoms with Crippen molar-refractivity contribution in [1.82, 2.24) is 10.2 Å². The first-order valence-corrected chi connectivity index (χ1v) is 8.55. The van der Waals surface area contributed by atoms with Gasteiger partial charge >= 0.3 is 5.97 Å². The Bertz CT molecular complexity index is 998. The number of nitrogens with one attached hydrogen (secondary N) is 1. The molecule has 2 aliphatic rings. The van der Waals surface area contributed by atoms with Crippen LogP contribution in [0.25, 0.3) is 11.1 Å². The average molecular weight is 364 g/mol. The summed E-state index contributed by atoms with van der Waals surface area (Å²) in [5, 5.41) is 11.4. The summed E-state index contributed by atoms with van der Waals surface area (Å²) < 4.78 is 0. The minimum Gasteiger partial charge on any atom is -0.478 e. The van der Waals surface area contributed by atoms with Gasteiger partial charge in [0, 0.05) is 18.5 Å². The van der Waals surface area contributed by atoms with E-state index in [-0.39, 0.29) is 23.8 Å². The topological polar surface area (TPSA) is 104 Å². The summed E-state index contributed by atoms with van der Waals surface area (Å²) in [5.74, 6) is -2.03. The van der Waals surface area contributed by atoms with Crippen LogP contribution in [0.3, 0.4) is 0 Å². The summed E-state index contributed by atoms with van der Waals surface area (Å²) in [4.78, 5) is 48.9. The molecule has 0 radical (unpaired) electrons. The molecule has 0 saturated carbocycles. The van der Waals surface area contributed by atoms with Crippen molar-refractivity contribution < 1.29 is 24.3 Å². The maximum absolute atomic E-state index is 12.8. The van der Waals surface area contributed by atoms with Gasteiger partial charge in [-0.1, -0.05) is 24.3 Å². The third-order valence-corrected chi connectivity index (χ3v) is 4.97. The number of piperidine rings is 1. The van der Waals surface area contributed by atoms with Crippen LogP contribution < -0.4 is 5.32 Å². The van der Waals surface area contributed by atoms with Gasteiger partial charge in [0.1, 0.15) is 6.04 Å². The first-order chi connectivity index (χ1) is 12.9. The largest absolute Gasteiger partial charge is 0.478 e. The first kappa shape index (κ1) is 17.0. The van der Waals surface area contributed by atoms with Crippen molar-refractivity contribution in [1.29, 1.82) is 0 Å². The van der Waals surface area contributed by atoms with Gasteiger partial charge in [-0.15, -0.1) is 0 Å². The lowest BCUT2D eigenvalue weighted by Crippen LogP contribution is -2.52. The molecule has 2 aromatic rings. The highest BCUT2D eigenvalue weighted by Gasteiger charge is 2.39. The third-order valence-electron chi connectivity index (χ3n) is 4.97. The molecular weight excluding hydrogens is 348 g/mol. The molecule has 1 unspecified atom stereocenters. The monoisotopic (exact) mass is 364 g/mol. The summed E-state index contributed by atoms with van der Waals surface area (Å²) in [5.41, 5.74) is 2.91. The maximum atomic E-state index is 12.8. The number of hydrogen-bond acceptors (Lipinski definition) is 4. The van der Waals surface area contributed by atoms with Crippen molar-refractivity contribution in [2.45, 2.75) is 25.4 Å². The number of fused-ring (bicyclic) bond motifs is 1. The van der Waals surface area contributed by atoms with Crippen LogP contribution in [-0.4, -0.2) is 39.7 Å². The van der Waals surface area contributed by atoms with E-state index in [0.717, 1.165) is 11.1 Å². The van der Waals surface area contributed by atoms with Crippen LogP contribution in [0.15, 0.2) is 42.5 Å². The molecule has 0 aliphatic carbocycles. The van der Waals surface area contributed by atoms with E-state index in [0.29, 0.717) is 24.1 Å². The van der Waals surface area contributed by atoms with Crippen molar-refractivity contribution in [3.63, 3.8) is 0 Å². The third kappa shape index (κ3) is 2.97. The van der Waals surface area contributed by atoms with Crippen molar-refractivity contribution >= 4 is 23.7 Å². The van der Waals surface area contributed by atoms with E-state index in [4.69, 9.17) is 5.11 Å². The Balaban J connectivity index is 1.64. The Kier molecular flexibility index (Phi) is 3.99. The van der Waals surface area contributed by atoms with Crippen LogP contribution in [0, 0.1) is 0 Å². The van der Waals surface area contributed by atoms with E-state index in [9.17, 15) is 19.2 Å². The Morgan fingerprint density at radius 2 is 1.85 bits per heavy atom. The van der Waals surface area contributed by atoms with Gasteiger partial charge in [-0.25, -0.2) is 4.79 Å². The molecule has 7 heteroatoms. The van der Waals surface area contributed by atoms with Crippen molar-refractivity contribution in [2.24, 2.45) is 0 Å². The van der Waals surface area contributed by atoms with Gasteiger partial charge in [0.25, 0.3) is 5.91 Å². The zero-order chi connectivity index (χ0) is 19.1. The molecule has 2 N–H and O–H groups in total. The number of carboxylic acid groups (broad SMARTS) is 1. The fraction of sp³-hybridized carbons (Fsp3) is 0.200. The molecule has 4 rings (SSSR count). The van der Waals surface area contributed by atoms with E-state index in [1.807, 2.05) is 12.1 Å². The van der Waals surface area contributed by atoms with Crippen molar-refractivity contribution in [2.75, 3.05) is 0 Å². The standard InChI is InChI=1S/C20H16N2O5/c23-17-7-6-16(18(24)21-17)22-10-14-5-4-12(9-15(14)19(22)25)11-2-1-3-13(8-11)20(26)27/h1-5,8-9,16H,6-7,10H2,(H,26,27)(H,21,23,24). The fourth-order valence-corrected chi connectivity index (χ4v) is 3.57. The molecular formula is C20H16N2O5. The van der Waals surface area contributed by atoms with Crippen LogP contribution in [0.5, 0.6) is 0 Å². The highest BCUT2D eigenvalue weighted by atomic mass is 16.4. The molecule has 7 nitrogen and oxygen atoms in total. The average Bonchev–Trinajstić information content (AvgIpc) is 2.98. The molecule has 27 heavy (non-hydrogen) atoms. The number of amides is 3. The number of carbonyl (C=O) groups is 4. The molecule has 1 fully saturated rings. The van der Waals surface area contributed by atoms with Gasteiger partial charge in [0.2, 0.25) is 11.8 Å². The number of benzene rings is 2. The number of nitrogens with zero attached hydrogens (tertiary/aromatic N) is 1. The molecule has 0 aromatic heterocycles. The fourth-order valence-electron chi connectivity index (χ4n) is 3.57. The molecule has 2 aromatic carbocycles. The first-order valence-electron chi connectivity index (χ1n) is 8.55. The lowest BCUT2D eigenvalue weighted by Gasteiger charge is -2.29. The maximum Gasteiger partial charge on any atom is 0.335 e. The Morgan fingerprint density at radius 1 is 1.07 bits per heavy atom. The second-order valence-corrected chi connectivity index (χ2v) is 6.66. The molecule has 1 saturated heterocycles. The summed E-state index contributed by atoms with van der Waals surface area (Å²) in [6.45, 7) is 0.315. The number of carboxylic acids is 1. The smallest absolute Gasteiger partial charge is 0.335 e. The predicted octanol–water partition coefficient (Wildman–Crippen LogP) is 1.81. The summed E-state index contributed by atoms with van der Waals surface area (Å²) >= 11 is 0. The summed E-state index contributed by atoms with van der Waals surface area (Å²) in [6, 6.07) is 11.2. The number of carbonyl (C=O) groups excluding carboxylic acids is 3. The quantitative estimate of drug-likeness (QED) is 0.809. The molecule has 0 spiro atoms. The van der Waals surface area contributed by atoms with Gasteiger partial charge in [0.05, 0.1) is 5.56 Å². The highest BCUT2D eigenvalue weighted by molar-refractivity contribution is 6.05.